The number of unbranched alkanes of at least 4 members (excludes halogenated alkanes) is 1. The van der Waals surface area contributed by atoms with Crippen LogP contribution in [0.3, 0.4) is 0 Å². The molecule has 0 bridgehead atoms. The first-order valence-electron chi connectivity index (χ1n) is 10.2. The summed E-state index contributed by atoms with van der Waals surface area (Å²) in [5.41, 5.74) is 1.20. The molecule has 0 amide bonds. The van der Waals surface area contributed by atoms with Gasteiger partial charge >= 0.3 is 11.7 Å². The molecule has 30 heavy (non-hydrogen) atoms. The molecule has 0 aliphatic carbocycles. The van der Waals surface area contributed by atoms with Gasteiger partial charge in [-0.2, -0.15) is 0 Å². The van der Waals surface area contributed by atoms with Crippen LogP contribution in [0.4, 0.5) is 0 Å². The fourth-order valence-electron chi connectivity index (χ4n) is 3.68. The summed E-state index contributed by atoms with van der Waals surface area (Å²) in [6, 6.07) is 9.84. The van der Waals surface area contributed by atoms with Crippen molar-refractivity contribution in [3.05, 3.63) is 62.6 Å². The van der Waals surface area contributed by atoms with Crippen molar-refractivity contribution in [3.63, 3.8) is 0 Å². The van der Waals surface area contributed by atoms with Crippen molar-refractivity contribution in [2.24, 2.45) is 7.05 Å². The Morgan fingerprint density at radius 1 is 1.13 bits per heavy atom. The monoisotopic (exact) mass is 412 g/mol. The predicted octanol–water partition coefficient (Wildman–Crippen LogP) is 2.38. The van der Waals surface area contributed by atoms with Gasteiger partial charge in [-0.15, -0.1) is 0 Å². The summed E-state index contributed by atoms with van der Waals surface area (Å²) in [5.74, 6) is 0.383. The maximum Gasteiger partial charge on any atom is 0.332 e. The molecule has 8 heteroatoms. The lowest BCUT2D eigenvalue weighted by Gasteiger charge is -2.12. The second-order valence-electron chi connectivity index (χ2n) is 7.62. The van der Waals surface area contributed by atoms with E-state index < -0.39 is 0 Å². The molecule has 0 spiro atoms. The molecular formula is C22H28N4O4. The van der Waals surface area contributed by atoms with Crippen LogP contribution in [-0.2, 0) is 29.7 Å². The van der Waals surface area contributed by atoms with E-state index in [1.54, 1.807) is 7.05 Å². The van der Waals surface area contributed by atoms with Gasteiger partial charge < -0.3 is 9.30 Å². The predicted molar refractivity (Wildman–Crippen MR) is 115 cm³/mol. The van der Waals surface area contributed by atoms with E-state index >= 15 is 0 Å². The van der Waals surface area contributed by atoms with Gasteiger partial charge in [0.1, 0.15) is 5.82 Å². The molecule has 3 rings (SSSR count). The number of hydrogen-bond donors (Lipinski definition) is 0. The summed E-state index contributed by atoms with van der Waals surface area (Å²) in [5, 5.41) is 0. The van der Waals surface area contributed by atoms with Gasteiger partial charge in [-0.1, -0.05) is 30.3 Å². The third-order valence-corrected chi connectivity index (χ3v) is 5.22. The molecule has 1 unspecified atom stereocenters. The Morgan fingerprint density at radius 2 is 1.83 bits per heavy atom. The van der Waals surface area contributed by atoms with Crippen LogP contribution < -0.4 is 11.2 Å². The number of carbonyl (C=O) groups is 1. The van der Waals surface area contributed by atoms with Crippen LogP contribution in [0.1, 0.15) is 44.5 Å². The van der Waals surface area contributed by atoms with Crippen LogP contribution in [0.15, 0.2) is 39.9 Å². The zero-order chi connectivity index (χ0) is 21.8. The molecule has 3 aromatic rings. The lowest BCUT2D eigenvalue weighted by atomic mass is 10.1. The first-order valence-corrected chi connectivity index (χ1v) is 10.2. The molecule has 0 aliphatic rings. The molecule has 2 heterocycles. The Labute approximate surface area is 174 Å². The van der Waals surface area contributed by atoms with Gasteiger partial charge in [0.25, 0.3) is 5.56 Å². The standard InChI is InChI=1S/C22H28N4O4/c1-15(30-17(3)27)10-8-9-13-25-21(28)19-20(24(4)22(25)29)23-16(2)26(19)14-18-11-6-5-7-12-18/h5-7,11-12,15H,8-10,13-14H2,1-4H3. The lowest BCUT2D eigenvalue weighted by molar-refractivity contribution is -0.145. The maximum absolute atomic E-state index is 13.2. The number of rotatable bonds is 8. The van der Waals surface area contributed by atoms with Gasteiger partial charge in [0.05, 0.1) is 6.10 Å². The highest BCUT2D eigenvalue weighted by atomic mass is 16.5. The van der Waals surface area contributed by atoms with Crippen LogP contribution in [0.2, 0.25) is 0 Å². The first kappa shape index (κ1) is 21.5. The third kappa shape index (κ3) is 4.53. The van der Waals surface area contributed by atoms with Crippen LogP contribution in [0.5, 0.6) is 0 Å². The number of aromatic nitrogens is 4. The Bertz CT molecular complexity index is 1160. The highest BCUT2D eigenvalue weighted by Crippen LogP contribution is 2.14. The minimum absolute atomic E-state index is 0.181. The zero-order valence-corrected chi connectivity index (χ0v) is 17.9. The summed E-state index contributed by atoms with van der Waals surface area (Å²) >= 11 is 0. The molecule has 0 radical (unpaired) electrons. The van der Waals surface area contributed by atoms with E-state index in [0.29, 0.717) is 42.9 Å². The topological polar surface area (TPSA) is 88.1 Å². The number of esters is 1. The molecule has 1 aromatic carbocycles. The summed E-state index contributed by atoms with van der Waals surface area (Å²) in [6.45, 7) is 5.88. The summed E-state index contributed by atoms with van der Waals surface area (Å²) in [6.07, 6.45) is 1.88. The van der Waals surface area contributed by atoms with E-state index in [1.165, 1.54) is 16.1 Å². The van der Waals surface area contributed by atoms with E-state index in [9.17, 15) is 14.4 Å². The number of ether oxygens (including phenoxy) is 1. The average molecular weight is 412 g/mol. The Morgan fingerprint density at radius 3 is 2.50 bits per heavy atom. The molecule has 8 nitrogen and oxygen atoms in total. The largest absolute Gasteiger partial charge is 0.463 e. The third-order valence-electron chi connectivity index (χ3n) is 5.22. The van der Waals surface area contributed by atoms with Gasteiger partial charge in [0, 0.05) is 27.1 Å². The van der Waals surface area contributed by atoms with Crippen molar-refractivity contribution in [2.75, 3.05) is 0 Å². The maximum atomic E-state index is 13.2. The van der Waals surface area contributed by atoms with Crippen LogP contribution in [0, 0.1) is 6.92 Å². The van der Waals surface area contributed by atoms with Crippen molar-refractivity contribution >= 4 is 17.1 Å². The highest BCUT2D eigenvalue weighted by Gasteiger charge is 2.18. The van der Waals surface area contributed by atoms with Crippen molar-refractivity contribution in [1.29, 1.82) is 0 Å². The first-order chi connectivity index (χ1) is 14.3. The van der Waals surface area contributed by atoms with Gasteiger partial charge in [-0.05, 0) is 38.7 Å². The lowest BCUT2D eigenvalue weighted by Crippen LogP contribution is -2.39. The van der Waals surface area contributed by atoms with E-state index in [4.69, 9.17) is 4.74 Å². The smallest absolute Gasteiger partial charge is 0.332 e. The molecule has 0 saturated carbocycles. The average Bonchev–Trinajstić information content (AvgIpc) is 3.02. The van der Waals surface area contributed by atoms with E-state index in [2.05, 4.69) is 4.98 Å². The number of hydrogen-bond acceptors (Lipinski definition) is 5. The van der Waals surface area contributed by atoms with Gasteiger partial charge in [-0.25, -0.2) is 9.78 Å². The number of fused-ring (bicyclic) bond motifs is 1. The second-order valence-corrected chi connectivity index (χ2v) is 7.62. The Kier molecular flexibility index (Phi) is 6.54. The molecule has 0 saturated heterocycles. The van der Waals surface area contributed by atoms with Gasteiger partial charge in [0.15, 0.2) is 11.2 Å². The number of aryl methyl sites for hydroxylation is 2. The van der Waals surface area contributed by atoms with E-state index in [0.717, 1.165) is 12.0 Å². The Balaban J connectivity index is 1.88. The second kappa shape index (κ2) is 9.11. The SMILES string of the molecule is CC(=O)OC(C)CCCCn1c(=O)c2c(nc(C)n2Cc2ccccc2)n(C)c1=O. The van der Waals surface area contributed by atoms with Gasteiger partial charge in [-0.3, -0.25) is 18.7 Å². The van der Waals surface area contributed by atoms with Crippen molar-refractivity contribution in [3.8, 4) is 0 Å². The highest BCUT2D eigenvalue weighted by molar-refractivity contribution is 5.71. The van der Waals surface area contributed by atoms with Crippen molar-refractivity contribution in [1.82, 2.24) is 18.7 Å². The molecule has 0 fully saturated rings. The number of imidazole rings is 1. The minimum Gasteiger partial charge on any atom is -0.463 e. The quantitative estimate of drug-likeness (QED) is 0.419. The van der Waals surface area contributed by atoms with Crippen molar-refractivity contribution < 1.29 is 9.53 Å². The molecule has 2 aromatic heterocycles. The van der Waals surface area contributed by atoms with E-state index in [1.807, 2.05) is 48.7 Å². The molecule has 160 valence electrons. The summed E-state index contributed by atoms with van der Waals surface area (Å²) in [4.78, 5) is 41.5. The number of benzene rings is 1. The van der Waals surface area contributed by atoms with E-state index in [-0.39, 0.29) is 23.3 Å². The minimum atomic E-state index is -0.370. The van der Waals surface area contributed by atoms with Crippen LogP contribution in [0.25, 0.3) is 11.2 Å². The zero-order valence-electron chi connectivity index (χ0n) is 17.9. The van der Waals surface area contributed by atoms with Crippen molar-refractivity contribution in [2.45, 2.75) is 59.2 Å². The van der Waals surface area contributed by atoms with Crippen LogP contribution in [-0.4, -0.2) is 30.8 Å². The Hall–Kier alpha value is -3.16. The van der Waals surface area contributed by atoms with Crippen LogP contribution >= 0.6 is 0 Å². The molecule has 1 atom stereocenters. The molecular weight excluding hydrogens is 384 g/mol. The normalized spacial score (nSPS) is 12.3. The fourth-order valence-corrected chi connectivity index (χ4v) is 3.68. The summed E-state index contributed by atoms with van der Waals surface area (Å²) < 4.78 is 9.70. The molecule has 0 aliphatic heterocycles. The van der Waals surface area contributed by atoms with Gasteiger partial charge in [0.2, 0.25) is 0 Å². The number of carbonyl (C=O) groups excluding carboxylic acids is 1. The number of nitrogens with zero attached hydrogens (tertiary/aromatic N) is 4. The summed E-state index contributed by atoms with van der Waals surface area (Å²) in [7, 11) is 1.64. The fraction of sp³-hybridized carbons (Fsp3) is 0.455. The molecule has 0 N–H and O–H groups in total.